The van der Waals surface area contributed by atoms with Crippen molar-refractivity contribution in [2.45, 2.75) is 13.3 Å². The molecule has 1 unspecified atom stereocenters. The van der Waals surface area contributed by atoms with Crippen LogP contribution in [-0.2, 0) is 6.42 Å². The molecule has 2 aromatic rings. The summed E-state index contributed by atoms with van der Waals surface area (Å²) in [5, 5.41) is 0. The van der Waals surface area contributed by atoms with Crippen molar-refractivity contribution in [3.8, 4) is 0 Å². The number of halogens is 1. The smallest absolute Gasteiger partial charge is 0.261 e. The van der Waals surface area contributed by atoms with E-state index in [0.29, 0.717) is 12.5 Å². The molecule has 0 saturated heterocycles. The molecule has 0 fully saturated rings. The quantitative estimate of drug-likeness (QED) is 0.876. The van der Waals surface area contributed by atoms with Crippen LogP contribution in [0.25, 0.3) is 0 Å². The number of carbonyl (C=O) groups excluding carboxylic acids is 1. The number of hydrogen-bond acceptors (Lipinski definition) is 3. The summed E-state index contributed by atoms with van der Waals surface area (Å²) in [7, 11) is 0. The number of pyridine rings is 1. The van der Waals surface area contributed by atoms with E-state index in [9.17, 15) is 9.18 Å². The largest absolute Gasteiger partial charge is 0.381 e. The number of carbonyl (C=O) groups is 1. The molecule has 4 nitrogen and oxygen atoms in total. The van der Waals surface area contributed by atoms with Crippen LogP contribution in [0.15, 0.2) is 36.5 Å². The molecule has 0 saturated carbocycles. The number of anilines is 2. The van der Waals surface area contributed by atoms with Crippen LogP contribution in [0, 0.1) is 11.7 Å². The molecular formula is C16H16FN3O. The Bertz CT molecular complexity index is 702. The van der Waals surface area contributed by atoms with Crippen LogP contribution < -0.4 is 10.6 Å². The van der Waals surface area contributed by atoms with Crippen molar-refractivity contribution in [1.29, 1.82) is 0 Å². The Balaban J connectivity index is 2.04. The second kappa shape index (κ2) is 5.16. The number of hydrogen-bond donors (Lipinski definition) is 1. The molecule has 1 aliphatic heterocycles. The Kier molecular flexibility index (Phi) is 3.33. The zero-order chi connectivity index (χ0) is 15.0. The van der Waals surface area contributed by atoms with Crippen LogP contribution in [0.1, 0.15) is 22.8 Å². The maximum absolute atomic E-state index is 14.0. The molecular weight excluding hydrogens is 269 g/mol. The van der Waals surface area contributed by atoms with E-state index >= 15 is 0 Å². The Morgan fingerprint density at radius 1 is 1.38 bits per heavy atom. The van der Waals surface area contributed by atoms with E-state index in [0.717, 1.165) is 17.7 Å². The minimum atomic E-state index is -0.752. The summed E-state index contributed by atoms with van der Waals surface area (Å²) in [6.07, 6.45) is 2.27. The molecule has 1 atom stereocenters. The first kappa shape index (κ1) is 13.5. The lowest BCUT2D eigenvalue weighted by molar-refractivity contribution is 0.0977. The van der Waals surface area contributed by atoms with Gasteiger partial charge in [0.1, 0.15) is 0 Å². The topological polar surface area (TPSA) is 59.2 Å². The maximum Gasteiger partial charge on any atom is 0.261 e. The number of amides is 1. The predicted molar refractivity (Wildman–Crippen MR) is 79.6 cm³/mol. The summed E-state index contributed by atoms with van der Waals surface area (Å²) >= 11 is 0. The van der Waals surface area contributed by atoms with Gasteiger partial charge in [0.05, 0.1) is 5.56 Å². The molecule has 1 aromatic heterocycles. The number of nitrogen functional groups attached to an aromatic ring is 1. The van der Waals surface area contributed by atoms with Gasteiger partial charge in [-0.25, -0.2) is 9.37 Å². The third kappa shape index (κ3) is 2.35. The van der Waals surface area contributed by atoms with Crippen molar-refractivity contribution in [2.24, 2.45) is 5.92 Å². The van der Waals surface area contributed by atoms with Gasteiger partial charge in [-0.05, 0) is 30.0 Å². The Morgan fingerprint density at radius 2 is 2.14 bits per heavy atom. The summed E-state index contributed by atoms with van der Waals surface area (Å²) in [6, 6.07) is 9.09. The average Bonchev–Trinajstić information content (AvgIpc) is 2.48. The van der Waals surface area contributed by atoms with Crippen molar-refractivity contribution in [1.82, 2.24) is 4.98 Å². The highest BCUT2D eigenvalue weighted by atomic mass is 19.1. The van der Waals surface area contributed by atoms with E-state index in [1.807, 2.05) is 24.3 Å². The standard InChI is InChI=1S/C16H16FN3O/c1-10-8-11-4-2-3-5-13(11)20(9-10)16(21)12-6-7-19-15(18)14(12)17/h2-7,10H,8-9H2,1H3,(H2,18,19). The van der Waals surface area contributed by atoms with Crippen LogP contribution in [0.4, 0.5) is 15.9 Å². The number of para-hydroxylation sites is 1. The van der Waals surface area contributed by atoms with Crippen LogP contribution in [0.5, 0.6) is 0 Å². The first-order chi connectivity index (χ1) is 10.1. The van der Waals surface area contributed by atoms with Gasteiger partial charge in [0.25, 0.3) is 5.91 Å². The summed E-state index contributed by atoms with van der Waals surface area (Å²) < 4.78 is 14.0. The van der Waals surface area contributed by atoms with Gasteiger partial charge in [0.2, 0.25) is 0 Å². The van der Waals surface area contributed by atoms with Gasteiger partial charge < -0.3 is 10.6 Å². The minimum Gasteiger partial charge on any atom is -0.381 e. The predicted octanol–water partition coefficient (Wildman–Crippen LogP) is 2.64. The zero-order valence-corrected chi connectivity index (χ0v) is 11.7. The second-order valence-corrected chi connectivity index (χ2v) is 5.41. The molecule has 0 aliphatic carbocycles. The van der Waals surface area contributed by atoms with Gasteiger partial charge in [-0.1, -0.05) is 25.1 Å². The fourth-order valence-corrected chi connectivity index (χ4v) is 2.76. The van der Waals surface area contributed by atoms with Crippen molar-refractivity contribution >= 4 is 17.4 Å². The number of nitrogens with two attached hydrogens (primary N) is 1. The zero-order valence-electron chi connectivity index (χ0n) is 11.7. The molecule has 0 spiro atoms. The van der Waals surface area contributed by atoms with E-state index in [2.05, 4.69) is 11.9 Å². The van der Waals surface area contributed by atoms with Crippen LogP contribution >= 0.6 is 0 Å². The van der Waals surface area contributed by atoms with Gasteiger partial charge in [-0.2, -0.15) is 0 Å². The highest BCUT2D eigenvalue weighted by molar-refractivity contribution is 6.07. The Hall–Kier alpha value is -2.43. The third-order valence-corrected chi connectivity index (χ3v) is 3.74. The molecule has 2 heterocycles. The molecule has 0 bridgehead atoms. The van der Waals surface area contributed by atoms with Crippen molar-refractivity contribution in [3.63, 3.8) is 0 Å². The summed E-state index contributed by atoms with van der Waals surface area (Å²) in [6.45, 7) is 2.64. The Labute approximate surface area is 122 Å². The maximum atomic E-state index is 14.0. The number of rotatable bonds is 1. The second-order valence-electron chi connectivity index (χ2n) is 5.41. The van der Waals surface area contributed by atoms with E-state index < -0.39 is 5.82 Å². The minimum absolute atomic E-state index is 0.0357. The monoisotopic (exact) mass is 285 g/mol. The normalized spacial score (nSPS) is 17.4. The molecule has 5 heteroatoms. The van der Waals surface area contributed by atoms with Crippen molar-refractivity contribution in [2.75, 3.05) is 17.2 Å². The fraction of sp³-hybridized carbons (Fsp3) is 0.250. The fourth-order valence-electron chi connectivity index (χ4n) is 2.76. The van der Waals surface area contributed by atoms with Gasteiger partial charge in [-0.15, -0.1) is 0 Å². The highest BCUT2D eigenvalue weighted by Crippen LogP contribution is 2.31. The SMILES string of the molecule is CC1Cc2ccccc2N(C(=O)c2ccnc(N)c2F)C1. The summed E-state index contributed by atoms with van der Waals surface area (Å²) in [5.74, 6) is -1.05. The molecule has 21 heavy (non-hydrogen) atoms. The van der Waals surface area contributed by atoms with Gasteiger partial charge >= 0.3 is 0 Å². The van der Waals surface area contributed by atoms with Crippen molar-refractivity contribution < 1.29 is 9.18 Å². The number of aromatic nitrogens is 1. The van der Waals surface area contributed by atoms with Crippen LogP contribution in [0.3, 0.4) is 0 Å². The van der Waals surface area contributed by atoms with Gasteiger partial charge in [-0.3, -0.25) is 4.79 Å². The number of nitrogens with zero attached hydrogens (tertiary/aromatic N) is 2. The molecule has 1 aromatic carbocycles. The number of benzene rings is 1. The summed E-state index contributed by atoms with van der Waals surface area (Å²) in [4.78, 5) is 18.0. The van der Waals surface area contributed by atoms with E-state index in [1.165, 1.54) is 12.3 Å². The average molecular weight is 285 g/mol. The lowest BCUT2D eigenvalue weighted by atomic mass is 9.93. The molecule has 1 aliphatic rings. The van der Waals surface area contributed by atoms with Crippen LogP contribution in [-0.4, -0.2) is 17.4 Å². The van der Waals surface area contributed by atoms with E-state index in [1.54, 1.807) is 4.90 Å². The number of fused-ring (bicyclic) bond motifs is 1. The van der Waals surface area contributed by atoms with Gasteiger partial charge in [0.15, 0.2) is 11.6 Å². The lowest BCUT2D eigenvalue weighted by Crippen LogP contribution is -2.39. The third-order valence-electron chi connectivity index (χ3n) is 3.74. The van der Waals surface area contributed by atoms with E-state index in [-0.39, 0.29) is 17.3 Å². The van der Waals surface area contributed by atoms with Gasteiger partial charge in [0, 0.05) is 18.4 Å². The molecule has 2 N–H and O–H groups in total. The molecule has 1 amide bonds. The highest BCUT2D eigenvalue weighted by Gasteiger charge is 2.28. The lowest BCUT2D eigenvalue weighted by Gasteiger charge is -2.33. The van der Waals surface area contributed by atoms with Crippen molar-refractivity contribution in [3.05, 3.63) is 53.5 Å². The van der Waals surface area contributed by atoms with Crippen LogP contribution in [0.2, 0.25) is 0 Å². The first-order valence-electron chi connectivity index (χ1n) is 6.87. The molecule has 108 valence electrons. The first-order valence-corrected chi connectivity index (χ1v) is 6.87. The Morgan fingerprint density at radius 3 is 2.95 bits per heavy atom. The van der Waals surface area contributed by atoms with E-state index in [4.69, 9.17) is 5.73 Å². The molecule has 0 radical (unpaired) electrons. The summed E-state index contributed by atoms with van der Waals surface area (Å²) in [5.41, 5.74) is 7.36. The molecule has 3 rings (SSSR count).